The monoisotopic (exact) mass is 502 g/mol. The number of rotatable bonds is 6. The molecule has 7 heteroatoms. The molecule has 0 aliphatic carbocycles. The molecule has 1 N–H and O–H groups in total. The lowest BCUT2D eigenvalue weighted by Crippen LogP contribution is -2.55. The zero-order valence-electron chi connectivity index (χ0n) is 20.7. The van der Waals surface area contributed by atoms with Gasteiger partial charge in [0.2, 0.25) is 5.91 Å². The van der Waals surface area contributed by atoms with E-state index >= 15 is 0 Å². The molecule has 0 radical (unpaired) electrons. The summed E-state index contributed by atoms with van der Waals surface area (Å²) in [6.45, 7) is 8.14. The van der Waals surface area contributed by atoms with Crippen molar-refractivity contribution < 1.29 is 19.0 Å². The summed E-state index contributed by atoms with van der Waals surface area (Å²) in [4.78, 5) is 17.3. The number of carbonyl (C=O) groups excluding carboxylic acids is 1. The summed E-state index contributed by atoms with van der Waals surface area (Å²) in [6.07, 6.45) is 2.44. The Bertz CT molecular complexity index is 998. The number of likely N-dealkylation sites (tertiary alicyclic amines) is 1. The second kappa shape index (κ2) is 11.0. The van der Waals surface area contributed by atoms with Gasteiger partial charge >= 0.3 is 0 Å². The minimum atomic E-state index is -0.937. The maximum atomic E-state index is 13.2. The predicted molar refractivity (Wildman–Crippen MR) is 136 cm³/mol. The number of nitrogens with zero attached hydrogens (tertiary/aromatic N) is 2. The van der Waals surface area contributed by atoms with Crippen molar-refractivity contribution in [2.24, 2.45) is 5.41 Å². The van der Waals surface area contributed by atoms with Crippen molar-refractivity contribution in [3.8, 4) is 0 Å². The Kier molecular flexibility index (Phi) is 8.16. The SMILES string of the molecule is CC1(C)CN(CCC(=O)N2CCCO[C@@H](Cc3ccc(F)cc3)C2)CC[C@@]1(O)c1ccc(Cl)cc1. The second-order valence-corrected chi connectivity index (χ2v) is 11.0. The van der Waals surface area contributed by atoms with Crippen molar-refractivity contribution in [3.63, 3.8) is 0 Å². The first-order valence-electron chi connectivity index (χ1n) is 12.5. The van der Waals surface area contributed by atoms with Crippen LogP contribution in [0.2, 0.25) is 5.02 Å². The summed E-state index contributed by atoms with van der Waals surface area (Å²) in [7, 11) is 0. The Morgan fingerprint density at radius 1 is 1.14 bits per heavy atom. The molecular formula is C28H36ClFN2O3. The maximum Gasteiger partial charge on any atom is 0.223 e. The molecule has 2 aliphatic heterocycles. The van der Waals surface area contributed by atoms with Crippen LogP contribution < -0.4 is 0 Å². The maximum absolute atomic E-state index is 13.2. The van der Waals surface area contributed by atoms with Crippen molar-refractivity contribution in [1.29, 1.82) is 0 Å². The van der Waals surface area contributed by atoms with Crippen LogP contribution in [-0.2, 0) is 21.6 Å². The number of ether oxygens (including phenoxy) is 1. The quantitative estimate of drug-likeness (QED) is 0.624. The first-order valence-corrected chi connectivity index (χ1v) is 12.9. The Balaban J connectivity index is 1.31. The number of hydrogen-bond donors (Lipinski definition) is 1. The second-order valence-electron chi connectivity index (χ2n) is 10.5. The number of benzene rings is 2. The smallest absolute Gasteiger partial charge is 0.223 e. The molecule has 0 bridgehead atoms. The van der Waals surface area contributed by atoms with Crippen LogP contribution in [0, 0.1) is 11.2 Å². The van der Waals surface area contributed by atoms with E-state index in [1.807, 2.05) is 29.2 Å². The van der Waals surface area contributed by atoms with Crippen molar-refractivity contribution in [2.45, 2.75) is 51.2 Å². The largest absolute Gasteiger partial charge is 0.385 e. The van der Waals surface area contributed by atoms with E-state index in [9.17, 15) is 14.3 Å². The van der Waals surface area contributed by atoms with Crippen LogP contribution in [0.3, 0.4) is 0 Å². The van der Waals surface area contributed by atoms with Crippen LogP contribution in [0.1, 0.15) is 44.2 Å². The van der Waals surface area contributed by atoms with Gasteiger partial charge in [0.1, 0.15) is 5.82 Å². The predicted octanol–water partition coefficient (Wildman–Crippen LogP) is 4.65. The summed E-state index contributed by atoms with van der Waals surface area (Å²) < 4.78 is 19.2. The van der Waals surface area contributed by atoms with Gasteiger partial charge in [-0.05, 0) is 48.2 Å². The van der Waals surface area contributed by atoms with Crippen LogP contribution in [-0.4, -0.2) is 66.2 Å². The van der Waals surface area contributed by atoms with Crippen LogP contribution in [0.25, 0.3) is 0 Å². The summed E-state index contributed by atoms with van der Waals surface area (Å²) in [5.74, 6) is -0.115. The number of piperidine rings is 1. The van der Waals surface area contributed by atoms with Gasteiger partial charge in [0.15, 0.2) is 0 Å². The zero-order chi connectivity index (χ0) is 25.1. The Hall–Kier alpha value is -1.99. The van der Waals surface area contributed by atoms with E-state index in [0.29, 0.717) is 57.1 Å². The van der Waals surface area contributed by atoms with Gasteiger partial charge in [-0.2, -0.15) is 0 Å². The van der Waals surface area contributed by atoms with Gasteiger partial charge in [-0.25, -0.2) is 4.39 Å². The van der Waals surface area contributed by atoms with Crippen molar-refractivity contribution in [1.82, 2.24) is 9.80 Å². The van der Waals surface area contributed by atoms with Gasteiger partial charge in [-0.15, -0.1) is 0 Å². The van der Waals surface area contributed by atoms with Crippen LogP contribution >= 0.6 is 11.6 Å². The summed E-state index contributed by atoms with van der Waals surface area (Å²) >= 11 is 6.04. The molecule has 1 amide bonds. The topological polar surface area (TPSA) is 53.0 Å². The third-order valence-corrected chi connectivity index (χ3v) is 7.82. The Morgan fingerprint density at radius 2 is 1.86 bits per heavy atom. The van der Waals surface area contributed by atoms with E-state index < -0.39 is 5.60 Å². The highest BCUT2D eigenvalue weighted by Crippen LogP contribution is 2.46. The number of hydrogen-bond acceptors (Lipinski definition) is 4. The van der Waals surface area contributed by atoms with E-state index in [4.69, 9.17) is 16.3 Å². The van der Waals surface area contributed by atoms with Gasteiger partial charge in [0, 0.05) is 62.6 Å². The van der Waals surface area contributed by atoms with Gasteiger partial charge in [-0.1, -0.05) is 49.7 Å². The standard InChI is InChI=1S/C28H36ClFN2O3/c1-27(2)20-31(16-13-28(27,34)22-6-8-23(29)9-7-22)15-12-26(33)32-14-3-17-35-25(19-32)18-21-4-10-24(30)11-5-21/h4-11,25,34H,3,12-20H2,1-2H3/t25-,28+/m0/s1. The fourth-order valence-corrected chi connectivity index (χ4v) is 5.55. The molecule has 0 aromatic heterocycles. The fraction of sp³-hybridized carbons (Fsp3) is 0.536. The van der Waals surface area contributed by atoms with Gasteiger partial charge < -0.3 is 19.6 Å². The molecule has 0 unspecified atom stereocenters. The number of halogens is 2. The highest BCUT2D eigenvalue weighted by atomic mass is 35.5. The molecule has 4 rings (SSSR count). The third-order valence-electron chi connectivity index (χ3n) is 7.57. The molecule has 2 atom stereocenters. The lowest BCUT2D eigenvalue weighted by atomic mass is 9.66. The normalized spacial score (nSPS) is 25.3. The molecule has 35 heavy (non-hydrogen) atoms. The van der Waals surface area contributed by atoms with Crippen molar-refractivity contribution in [2.75, 3.05) is 39.3 Å². The summed E-state index contributed by atoms with van der Waals surface area (Å²) in [6, 6.07) is 13.9. The molecule has 2 fully saturated rings. The molecule has 5 nitrogen and oxygen atoms in total. The average molecular weight is 503 g/mol. The summed E-state index contributed by atoms with van der Waals surface area (Å²) in [5, 5.41) is 12.2. The van der Waals surface area contributed by atoms with Gasteiger partial charge in [0.25, 0.3) is 0 Å². The molecular weight excluding hydrogens is 467 g/mol. The molecule has 2 aliphatic rings. The molecule has 190 valence electrons. The van der Waals surface area contributed by atoms with E-state index in [0.717, 1.165) is 24.1 Å². The lowest BCUT2D eigenvalue weighted by Gasteiger charge is -2.50. The average Bonchev–Trinajstić information content (AvgIpc) is 3.07. The molecule has 2 heterocycles. The van der Waals surface area contributed by atoms with E-state index in [1.165, 1.54) is 12.1 Å². The number of carbonyl (C=O) groups is 1. The van der Waals surface area contributed by atoms with Gasteiger partial charge in [0.05, 0.1) is 11.7 Å². The Morgan fingerprint density at radius 3 is 2.54 bits per heavy atom. The van der Waals surface area contributed by atoms with E-state index in [-0.39, 0.29) is 23.2 Å². The van der Waals surface area contributed by atoms with Crippen LogP contribution in [0.15, 0.2) is 48.5 Å². The fourth-order valence-electron chi connectivity index (χ4n) is 5.42. The van der Waals surface area contributed by atoms with E-state index in [1.54, 1.807) is 12.1 Å². The third kappa shape index (κ3) is 6.23. The van der Waals surface area contributed by atoms with Crippen molar-refractivity contribution in [3.05, 3.63) is 70.5 Å². The van der Waals surface area contributed by atoms with Crippen LogP contribution in [0.5, 0.6) is 0 Å². The zero-order valence-corrected chi connectivity index (χ0v) is 21.4. The van der Waals surface area contributed by atoms with E-state index in [2.05, 4.69) is 18.7 Å². The van der Waals surface area contributed by atoms with Crippen LogP contribution in [0.4, 0.5) is 4.39 Å². The molecule has 0 spiro atoms. The summed E-state index contributed by atoms with van der Waals surface area (Å²) in [5.41, 5.74) is 0.584. The van der Waals surface area contributed by atoms with Gasteiger partial charge in [-0.3, -0.25) is 4.79 Å². The highest BCUT2D eigenvalue weighted by molar-refractivity contribution is 6.30. The Labute approximate surface area is 212 Å². The first kappa shape index (κ1) is 26.1. The minimum Gasteiger partial charge on any atom is -0.385 e. The lowest BCUT2D eigenvalue weighted by molar-refractivity contribution is -0.136. The first-order chi connectivity index (χ1) is 16.7. The highest BCUT2D eigenvalue weighted by Gasteiger charge is 2.48. The number of amides is 1. The molecule has 2 saturated heterocycles. The number of aliphatic hydroxyl groups is 1. The molecule has 0 saturated carbocycles. The van der Waals surface area contributed by atoms with Crippen molar-refractivity contribution >= 4 is 17.5 Å². The molecule has 2 aromatic rings. The molecule has 2 aromatic carbocycles. The minimum absolute atomic E-state index is 0.0878.